The van der Waals surface area contributed by atoms with Gasteiger partial charge < -0.3 is 10.0 Å². The summed E-state index contributed by atoms with van der Waals surface area (Å²) in [5.41, 5.74) is 4.53. The summed E-state index contributed by atoms with van der Waals surface area (Å²) in [6.07, 6.45) is 6.45. The Balaban J connectivity index is 1.58. The Kier molecular flexibility index (Phi) is 6.74. The van der Waals surface area contributed by atoms with Gasteiger partial charge in [-0.3, -0.25) is 4.79 Å². The molecule has 3 nitrogen and oxygen atoms in total. The van der Waals surface area contributed by atoms with Gasteiger partial charge in [0.15, 0.2) is 0 Å². The molecule has 34 heavy (non-hydrogen) atoms. The Morgan fingerprint density at radius 3 is 2.35 bits per heavy atom. The molecule has 1 unspecified atom stereocenters. The summed E-state index contributed by atoms with van der Waals surface area (Å²) in [6.45, 7) is 1.33. The van der Waals surface area contributed by atoms with Crippen LogP contribution >= 0.6 is 22.7 Å². The minimum atomic E-state index is -0.757. The van der Waals surface area contributed by atoms with E-state index in [2.05, 4.69) is 77.0 Å². The van der Waals surface area contributed by atoms with Gasteiger partial charge in [-0.2, -0.15) is 0 Å². The molecule has 2 heterocycles. The van der Waals surface area contributed by atoms with Gasteiger partial charge in [0, 0.05) is 21.9 Å². The monoisotopic (exact) mass is 483 g/mol. The van der Waals surface area contributed by atoms with Crippen LogP contribution in [0.2, 0.25) is 0 Å². The summed E-state index contributed by atoms with van der Waals surface area (Å²) in [4.78, 5) is 16.8. The van der Waals surface area contributed by atoms with E-state index in [0.717, 1.165) is 17.1 Å². The van der Waals surface area contributed by atoms with Crippen molar-refractivity contribution in [3.63, 3.8) is 0 Å². The lowest BCUT2D eigenvalue weighted by atomic mass is 9.91. The number of carbonyl (C=O) groups is 1. The molecule has 0 amide bonds. The zero-order valence-corrected chi connectivity index (χ0v) is 20.3. The van der Waals surface area contributed by atoms with Gasteiger partial charge in [0.05, 0.1) is 17.5 Å². The molecule has 0 spiro atoms. The van der Waals surface area contributed by atoms with E-state index in [-0.39, 0.29) is 0 Å². The van der Waals surface area contributed by atoms with Crippen molar-refractivity contribution >= 4 is 33.6 Å². The van der Waals surface area contributed by atoms with Crippen molar-refractivity contribution in [2.24, 2.45) is 5.92 Å². The number of hydrogen-bond acceptors (Lipinski definition) is 4. The zero-order valence-electron chi connectivity index (χ0n) is 18.6. The van der Waals surface area contributed by atoms with Crippen molar-refractivity contribution in [3.05, 3.63) is 113 Å². The fourth-order valence-electron chi connectivity index (χ4n) is 4.29. The Morgan fingerprint density at radius 2 is 1.68 bits per heavy atom. The number of nitrogens with zero attached hydrogens (tertiary/aromatic N) is 1. The highest BCUT2D eigenvalue weighted by Crippen LogP contribution is 2.44. The molecule has 0 fully saturated rings. The first-order valence-electron chi connectivity index (χ1n) is 11.3. The number of carboxylic acids is 1. The molecule has 0 saturated heterocycles. The standard InChI is InChI=1S/C29H25NO2S2/c31-29(32)25-16-8-7-14-23(25)19-30(20-24-15-9-17-33-24)27-18-26(21-10-3-1-4-11-21)28(34-27)22-12-5-2-6-13-22/h1-15,17-18,25H,16,19-20H2,(H,31,32). The van der Waals surface area contributed by atoms with Gasteiger partial charge in [-0.05, 0) is 40.6 Å². The molecule has 0 aliphatic heterocycles. The quantitative estimate of drug-likeness (QED) is 0.279. The molecule has 2 aromatic heterocycles. The highest BCUT2D eigenvalue weighted by Gasteiger charge is 2.26. The maximum atomic E-state index is 11.9. The smallest absolute Gasteiger partial charge is 0.311 e. The van der Waals surface area contributed by atoms with E-state index in [4.69, 9.17) is 0 Å². The van der Waals surface area contributed by atoms with Crippen LogP contribution in [0.25, 0.3) is 21.6 Å². The van der Waals surface area contributed by atoms with Gasteiger partial charge in [-0.15, -0.1) is 22.7 Å². The predicted molar refractivity (Wildman–Crippen MR) is 144 cm³/mol. The van der Waals surface area contributed by atoms with Gasteiger partial charge >= 0.3 is 5.97 Å². The minimum Gasteiger partial charge on any atom is -0.481 e. The lowest BCUT2D eigenvalue weighted by molar-refractivity contribution is -0.140. The fourth-order valence-corrected chi connectivity index (χ4v) is 6.19. The maximum absolute atomic E-state index is 11.9. The highest BCUT2D eigenvalue weighted by atomic mass is 32.1. The molecule has 2 aromatic carbocycles. The van der Waals surface area contributed by atoms with Crippen molar-refractivity contribution in [2.75, 3.05) is 11.4 Å². The van der Waals surface area contributed by atoms with Gasteiger partial charge in [0.2, 0.25) is 0 Å². The molecule has 0 bridgehead atoms. The van der Waals surface area contributed by atoms with Gasteiger partial charge in [-0.25, -0.2) is 0 Å². The number of hydrogen-bond donors (Lipinski definition) is 1. The van der Waals surface area contributed by atoms with E-state index in [1.807, 2.05) is 30.4 Å². The van der Waals surface area contributed by atoms with Gasteiger partial charge in [0.1, 0.15) is 0 Å². The van der Waals surface area contributed by atoms with E-state index < -0.39 is 11.9 Å². The Hall–Kier alpha value is -3.41. The van der Waals surface area contributed by atoms with Crippen molar-refractivity contribution in [1.82, 2.24) is 0 Å². The van der Waals surface area contributed by atoms with Crippen LogP contribution < -0.4 is 4.90 Å². The van der Waals surface area contributed by atoms with E-state index in [0.29, 0.717) is 13.0 Å². The van der Waals surface area contributed by atoms with Crippen LogP contribution in [0.3, 0.4) is 0 Å². The normalized spacial score (nSPS) is 15.2. The minimum absolute atomic E-state index is 0.474. The van der Waals surface area contributed by atoms with Crippen LogP contribution in [-0.4, -0.2) is 17.6 Å². The molecular weight excluding hydrogens is 458 g/mol. The molecular formula is C29H25NO2S2. The molecule has 1 atom stereocenters. The highest BCUT2D eigenvalue weighted by molar-refractivity contribution is 7.20. The Labute approximate surface area is 207 Å². The topological polar surface area (TPSA) is 40.5 Å². The maximum Gasteiger partial charge on any atom is 0.311 e. The van der Waals surface area contributed by atoms with Crippen LogP contribution in [0.1, 0.15) is 11.3 Å². The Bertz CT molecular complexity index is 1250. The first-order valence-corrected chi connectivity index (χ1v) is 13.0. The molecule has 1 aliphatic carbocycles. The first-order chi connectivity index (χ1) is 16.7. The van der Waals surface area contributed by atoms with E-state index in [1.54, 1.807) is 22.7 Å². The molecule has 4 aromatic rings. The lowest BCUT2D eigenvalue weighted by Crippen LogP contribution is -2.29. The third-order valence-electron chi connectivity index (χ3n) is 6.02. The summed E-state index contributed by atoms with van der Waals surface area (Å²) in [6, 6.07) is 27.5. The zero-order chi connectivity index (χ0) is 23.3. The van der Waals surface area contributed by atoms with Crippen molar-refractivity contribution in [3.8, 4) is 21.6 Å². The number of rotatable bonds is 8. The summed E-state index contributed by atoms with van der Waals surface area (Å²) in [5.74, 6) is -1.23. The van der Waals surface area contributed by atoms with Gasteiger partial charge in [-0.1, -0.05) is 85.0 Å². The second-order valence-corrected chi connectivity index (χ2v) is 10.4. The molecule has 0 radical (unpaired) electrons. The number of carboxylic acid groups (broad SMARTS) is 1. The van der Waals surface area contributed by atoms with Gasteiger partial charge in [0.25, 0.3) is 0 Å². The van der Waals surface area contributed by atoms with Crippen molar-refractivity contribution < 1.29 is 9.90 Å². The predicted octanol–water partition coefficient (Wildman–Crippen LogP) is 7.74. The third-order valence-corrected chi connectivity index (χ3v) is 8.12. The number of benzene rings is 2. The van der Waals surface area contributed by atoms with Crippen LogP contribution in [0, 0.1) is 5.92 Å². The molecule has 5 rings (SSSR count). The van der Waals surface area contributed by atoms with E-state index in [9.17, 15) is 9.90 Å². The second-order valence-electron chi connectivity index (χ2n) is 8.29. The SMILES string of the molecule is O=C(O)C1CC=CC=C1CN(Cc1cccs1)c1cc(-c2ccccc2)c(-c2ccccc2)s1. The number of allylic oxidation sites excluding steroid dienone is 3. The molecule has 1 aliphatic rings. The van der Waals surface area contributed by atoms with Crippen LogP contribution in [0.5, 0.6) is 0 Å². The van der Waals surface area contributed by atoms with E-state index >= 15 is 0 Å². The van der Waals surface area contributed by atoms with Crippen molar-refractivity contribution in [2.45, 2.75) is 13.0 Å². The third kappa shape index (κ3) is 4.91. The first kappa shape index (κ1) is 22.4. The summed E-state index contributed by atoms with van der Waals surface area (Å²) in [5, 5.41) is 13.0. The average Bonchev–Trinajstić information content (AvgIpc) is 3.55. The molecule has 5 heteroatoms. The van der Waals surface area contributed by atoms with Crippen LogP contribution in [0.15, 0.2) is 108 Å². The summed E-state index contributed by atoms with van der Waals surface area (Å²) >= 11 is 3.51. The van der Waals surface area contributed by atoms with Crippen LogP contribution in [-0.2, 0) is 11.3 Å². The van der Waals surface area contributed by atoms with Crippen molar-refractivity contribution in [1.29, 1.82) is 0 Å². The lowest BCUT2D eigenvalue weighted by Gasteiger charge is -2.27. The molecule has 0 saturated carbocycles. The van der Waals surface area contributed by atoms with Crippen LogP contribution in [0.4, 0.5) is 5.00 Å². The largest absolute Gasteiger partial charge is 0.481 e. The number of thiophene rings is 2. The average molecular weight is 484 g/mol. The summed E-state index contributed by atoms with van der Waals surface area (Å²) < 4.78 is 0. The fraction of sp³-hybridized carbons (Fsp3) is 0.138. The summed E-state index contributed by atoms with van der Waals surface area (Å²) in [7, 11) is 0. The molecule has 1 N–H and O–H groups in total. The number of aliphatic carboxylic acids is 1. The number of anilines is 1. The molecule has 170 valence electrons. The second kappa shape index (κ2) is 10.2. The van der Waals surface area contributed by atoms with E-state index in [1.165, 1.54) is 26.4 Å². The Morgan fingerprint density at radius 1 is 0.941 bits per heavy atom.